The summed E-state index contributed by atoms with van der Waals surface area (Å²) in [4.78, 5) is 5.08. The molecule has 0 saturated carbocycles. The van der Waals surface area contributed by atoms with Crippen molar-refractivity contribution >= 4 is 0 Å². The highest BCUT2D eigenvalue weighted by Crippen LogP contribution is 2.06. The first kappa shape index (κ1) is 14.9. The first-order chi connectivity index (χ1) is 8.17. The Morgan fingerprint density at radius 1 is 1.06 bits per heavy atom. The van der Waals surface area contributed by atoms with Crippen LogP contribution in [0.4, 0.5) is 0 Å². The summed E-state index contributed by atoms with van der Waals surface area (Å²) in [7, 11) is 2.23. The van der Waals surface area contributed by atoms with E-state index in [0.717, 1.165) is 6.54 Å². The monoisotopic (exact) mass is 241 g/mol. The summed E-state index contributed by atoms with van der Waals surface area (Å²) in [6.07, 6.45) is 3.80. The number of hydrogen-bond acceptors (Lipinski definition) is 3. The van der Waals surface area contributed by atoms with Gasteiger partial charge in [0.25, 0.3) is 0 Å². The van der Waals surface area contributed by atoms with Gasteiger partial charge in [0.15, 0.2) is 0 Å². The van der Waals surface area contributed by atoms with Crippen LogP contribution in [0, 0.1) is 0 Å². The van der Waals surface area contributed by atoms with E-state index in [9.17, 15) is 0 Å². The molecule has 0 bridgehead atoms. The van der Waals surface area contributed by atoms with Gasteiger partial charge >= 0.3 is 0 Å². The molecule has 1 aliphatic rings. The van der Waals surface area contributed by atoms with E-state index < -0.39 is 0 Å². The zero-order chi connectivity index (χ0) is 12.7. The van der Waals surface area contributed by atoms with Crippen molar-refractivity contribution in [3.05, 3.63) is 0 Å². The Kier molecular flexibility index (Phi) is 7.09. The Bertz CT molecular complexity index is 192. The van der Waals surface area contributed by atoms with Gasteiger partial charge < -0.3 is 10.2 Å². The molecule has 0 aliphatic carbocycles. The molecule has 17 heavy (non-hydrogen) atoms. The largest absolute Gasteiger partial charge is 0.312 e. The van der Waals surface area contributed by atoms with E-state index >= 15 is 0 Å². The fourth-order valence-corrected chi connectivity index (χ4v) is 2.55. The quantitative estimate of drug-likeness (QED) is 0.765. The lowest BCUT2D eigenvalue weighted by molar-refractivity contribution is 0.205. The molecule has 1 aliphatic heterocycles. The number of likely N-dealkylation sites (N-methyl/N-ethyl adjacent to an activating group) is 1. The second-order valence-corrected chi connectivity index (χ2v) is 5.46. The van der Waals surface area contributed by atoms with Crippen LogP contribution < -0.4 is 5.32 Å². The highest BCUT2D eigenvalue weighted by Gasteiger charge is 2.17. The highest BCUT2D eigenvalue weighted by atomic mass is 15.2. The van der Waals surface area contributed by atoms with Gasteiger partial charge in [-0.2, -0.15) is 0 Å². The van der Waals surface area contributed by atoms with Gasteiger partial charge in [0.05, 0.1) is 0 Å². The Hall–Kier alpha value is -0.120. The van der Waals surface area contributed by atoms with Crippen LogP contribution in [-0.2, 0) is 0 Å². The van der Waals surface area contributed by atoms with Gasteiger partial charge in [-0.1, -0.05) is 13.8 Å². The average molecular weight is 241 g/mol. The Balaban J connectivity index is 2.28. The van der Waals surface area contributed by atoms with Crippen molar-refractivity contribution < 1.29 is 0 Å². The van der Waals surface area contributed by atoms with Crippen LogP contribution in [0.15, 0.2) is 0 Å². The fourth-order valence-electron chi connectivity index (χ4n) is 2.55. The van der Waals surface area contributed by atoms with Gasteiger partial charge in [0.2, 0.25) is 0 Å². The summed E-state index contributed by atoms with van der Waals surface area (Å²) >= 11 is 0. The van der Waals surface area contributed by atoms with Crippen LogP contribution in [0.3, 0.4) is 0 Å². The van der Waals surface area contributed by atoms with Gasteiger partial charge in [-0.15, -0.1) is 0 Å². The summed E-state index contributed by atoms with van der Waals surface area (Å²) in [6.45, 7) is 13.0. The topological polar surface area (TPSA) is 18.5 Å². The third-order valence-corrected chi connectivity index (χ3v) is 4.06. The van der Waals surface area contributed by atoms with E-state index in [1.165, 1.54) is 45.4 Å². The van der Waals surface area contributed by atoms with Gasteiger partial charge in [-0.25, -0.2) is 0 Å². The van der Waals surface area contributed by atoms with Gasteiger partial charge in [0.1, 0.15) is 0 Å². The van der Waals surface area contributed by atoms with E-state index in [1.54, 1.807) is 0 Å². The summed E-state index contributed by atoms with van der Waals surface area (Å²) in [6, 6.07) is 1.37. The van der Waals surface area contributed by atoms with Gasteiger partial charge in [-0.3, -0.25) is 4.90 Å². The zero-order valence-electron chi connectivity index (χ0n) is 12.2. The van der Waals surface area contributed by atoms with E-state index in [1.807, 2.05) is 0 Å². The Morgan fingerprint density at radius 3 is 2.41 bits per heavy atom. The minimum atomic E-state index is 0.669. The molecule has 0 amide bonds. The maximum absolute atomic E-state index is 3.69. The maximum atomic E-state index is 3.69. The lowest BCUT2D eigenvalue weighted by Crippen LogP contribution is -2.44. The summed E-state index contributed by atoms with van der Waals surface area (Å²) in [5.41, 5.74) is 0. The molecule has 0 spiro atoms. The maximum Gasteiger partial charge on any atom is 0.0193 e. The molecule has 1 atom stereocenters. The molecule has 0 radical (unpaired) electrons. The summed E-state index contributed by atoms with van der Waals surface area (Å²) in [5, 5.41) is 3.69. The number of nitrogens with one attached hydrogen (secondary N) is 1. The molecule has 0 aromatic rings. The normalized spacial score (nSPS) is 21.7. The predicted octanol–water partition coefficient (Wildman–Crippen LogP) is 1.79. The predicted molar refractivity (Wildman–Crippen MR) is 75.5 cm³/mol. The van der Waals surface area contributed by atoms with E-state index in [0.29, 0.717) is 12.1 Å². The second-order valence-electron chi connectivity index (χ2n) is 5.46. The molecule has 1 fully saturated rings. The molecular weight excluding hydrogens is 210 g/mol. The highest BCUT2D eigenvalue weighted by molar-refractivity contribution is 4.76. The van der Waals surface area contributed by atoms with Crippen molar-refractivity contribution in [2.45, 2.75) is 52.1 Å². The lowest BCUT2D eigenvalue weighted by atomic mass is 10.1. The zero-order valence-corrected chi connectivity index (χ0v) is 12.2. The molecule has 1 saturated heterocycles. The second kappa shape index (κ2) is 8.06. The summed E-state index contributed by atoms with van der Waals surface area (Å²) in [5.74, 6) is 0. The molecule has 3 heteroatoms. The molecule has 1 unspecified atom stereocenters. The minimum absolute atomic E-state index is 0.669. The van der Waals surface area contributed by atoms with E-state index in [4.69, 9.17) is 0 Å². The molecular formula is C14H31N3. The van der Waals surface area contributed by atoms with Crippen LogP contribution >= 0.6 is 0 Å². The first-order valence-corrected chi connectivity index (χ1v) is 7.33. The van der Waals surface area contributed by atoms with Gasteiger partial charge in [-0.05, 0) is 46.3 Å². The van der Waals surface area contributed by atoms with Crippen LogP contribution in [-0.4, -0.2) is 61.7 Å². The smallest absolute Gasteiger partial charge is 0.0193 e. The van der Waals surface area contributed by atoms with Crippen molar-refractivity contribution in [2.75, 3.05) is 39.8 Å². The fraction of sp³-hybridized carbons (Fsp3) is 1.00. The third-order valence-electron chi connectivity index (χ3n) is 4.06. The number of nitrogens with zero attached hydrogens (tertiary/aromatic N) is 2. The van der Waals surface area contributed by atoms with E-state index in [-0.39, 0.29) is 0 Å². The standard InChI is InChI=1S/C14H31N3/c1-5-14(6-2)15-12-13(3)17-9-7-8-16(4)10-11-17/h13-15H,5-12H2,1-4H3. The number of hydrogen-bond donors (Lipinski definition) is 1. The lowest BCUT2D eigenvalue weighted by Gasteiger charge is -2.29. The van der Waals surface area contributed by atoms with E-state index in [2.05, 4.69) is 42.9 Å². The minimum Gasteiger partial charge on any atom is -0.312 e. The molecule has 0 aromatic heterocycles. The average Bonchev–Trinajstić information content (AvgIpc) is 2.55. The Labute approximate surface area is 108 Å². The van der Waals surface area contributed by atoms with Crippen molar-refractivity contribution in [1.29, 1.82) is 0 Å². The first-order valence-electron chi connectivity index (χ1n) is 7.33. The summed E-state index contributed by atoms with van der Waals surface area (Å²) < 4.78 is 0. The van der Waals surface area contributed by atoms with Crippen molar-refractivity contribution in [3.8, 4) is 0 Å². The van der Waals surface area contributed by atoms with Crippen LogP contribution in [0.1, 0.15) is 40.0 Å². The molecule has 0 aromatic carbocycles. The molecule has 1 rings (SSSR count). The third kappa shape index (κ3) is 5.36. The van der Waals surface area contributed by atoms with Crippen molar-refractivity contribution in [2.24, 2.45) is 0 Å². The SMILES string of the molecule is CCC(CC)NCC(C)N1CCCN(C)CC1. The molecule has 102 valence electrons. The molecule has 3 nitrogen and oxygen atoms in total. The number of rotatable bonds is 6. The van der Waals surface area contributed by atoms with Gasteiger partial charge in [0, 0.05) is 31.7 Å². The van der Waals surface area contributed by atoms with Crippen molar-refractivity contribution in [3.63, 3.8) is 0 Å². The van der Waals surface area contributed by atoms with Crippen LogP contribution in [0.25, 0.3) is 0 Å². The van der Waals surface area contributed by atoms with Crippen molar-refractivity contribution in [1.82, 2.24) is 15.1 Å². The van der Waals surface area contributed by atoms with Crippen LogP contribution in [0.5, 0.6) is 0 Å². The Morgan fingerprint density at radius 2 is 1.76 bits per heavy atom. The molecule has 1 N–H and O–H groups in total. The molecule has 1 heterocycles. The van der Waals surface area contributed by atoms with Crippen LogP contribution in [0.2, 0.25) is 0 Å².